The molecule has 0 heterocycles. The Morgan fingerprint density at radius 2 is 1.91 bits per heavy atom. The molecule has 2 N–H and O–H groups in total. The summed E-state index contributed by atoms with van der Waals surface area (Å²) in [6.45, 7) is 0.862. The molecular formula is C9H19NS. The van der Waals surface area contributed by atoms with Gasteiger partial charge in [-0.3, -0.25) is 0 Å². The largest absolute Gasteiger partial charge is 0.330 e. The third-order valence-corrected chi connectivity index (χ3v) is 4.28. The summed E-state index contributed by atoms with van der Waals surface area (Å²) >= 11 is 2.04. The van der Waals surface area contributed by atoms with E-state index >= 15 is 0 Å². The van der Waals surface area contributed by atoms with Crippen LogP contribution in [0.5, 0.6) is 0 Å². The van der Waals surface area contributed by atoms with Crippen LogP contribution in [0.3, 0.4) is 0 Å². The third kappa shape index (κ3) is 2.38. The van der Waals surface area contributed by atoms with E-state index in [1.807, 2.05) is 11.8 Å². The van der Waals surface area contributed by atoms with Crippen molar-refractivity contribution in [2.24, 2.45) is 5.73 Å². The van der Waals surface area contributed by atoms with Crippen molar-refractivity contribution < 1.29 is 0 Å². The van der Waals surface area contributed by atoms with E-state index in [0.29, 0.717) is 4.75 Å². The lowest BCUT2D eigenvalue weighted by atomic mass is 9.86. The highest BCUT2D eigenvalue weighted by Gasteiger charge is 2.29. The molecule has 0 bridgehead atoms. The van der Waals surface area contributed by atoms with Crippen LogP contribution in [0.15, 0.2) is 0 Å². The number of hydrogen-bond donors (Lipinski definition) is 1. The lowest BCUT2D eigenvalue weighted by Crippen LogP contribution is -2.30. The van der Waals surface area contributed by atoms with Gasteiger partial charge in [-0.15, -0.1) is 0 Å². The molecule has 0 amide bonds. The van der Waals surface area contributed by atoms with Gasteiger partial charge in [-0.25, -0.2) is 0 Å². The van der Waals surface area contributed by atoms with Crippen molar-refractivity contribution >= 4 is 11.8 Å². The normalized spacial score (nSPS) is 23.5. The van der Waals surface area contributed by atoms with Crippen molar-refractivity contribution in [3.63, 3.8) is 0 Å². The zero-order valence-electron chi connectivity index (χ0n) is 7.44. The molecule has 66 valence electrons. The van der Waals surface area contributed by atoms with E-state index in [0.717, 1.165) is 6.54 Å². The molecule has 1 aliphatic rings. The summed E-state index contributed by atoms with van der Waals surface area (Å²) in [5.41, 5.74) is 5.61. The molecule has 0 atom stereocenters. The second-order valence-corrected chi connectivity index (χ2v) is 4.76. The van der Waals surface area contributed by atoms with Gasteiger partial charge < -0.3 is 5.73 Å². The Morgan fingerprint density at radius 1 is 1.27 bits per heavy atom. The molecule has 1 rings (SSSR count). The molecule has 1 aliphatic carbocycles. The fourth-order valence-electron chi connectivity index (χ4n) is 2.02. The zero-order valence-corrected chi connectivity index (χ0v) is 8.25. The SMILES string of the molecule is CSC1(CCN)CCCCC1. The van der Waals surface area contributed by atoms with Gasteiger partial charge in [0.15, 0.2) is 0 Å². The van der Waals surface area contributed by atoms with Crippen LogP contribution in [0.4, 0.5) is 0 Å². The van der Waals surface area contributed by atoms with Gasteiger partial charge in [0.1, 0.15) is 0 Å². The Balaban J connectivity index is 2.42. The minimum atomic E-state index is 0.562. The Morgan fingerprint density at radius 3 is 2.36 bits per heavy atom. The van der Waals surface area contributed by atoms with Crippen molar-refractivity contribution in [3.05, 3.63) is 0 Å². The molecule has 0 radical (unpaired) electrons. The molecule has 1 fully saturated rings. The maximum atomic E-state index is 5.61. The van der Waals surface area contributed by atoms with Gasteiger partial charge in [0.2, 0.25) is 0 Å². The van der Waals surface area contributed by atoms with Crippen LogP contribution in [0.1, 0.15) is 38.5 Å². The van der Waals surface area contributed by atoms with Gasteiger partial charge in [-0.05, 0) is 32.1 Å². The van der Waals surface area contributed by atoms with Crippen LogP contribution in [0.2, 0.25) is 0 Å². The number of nitrogens with two attached hydrogens (primary N) is 1. The first-order valence-electron chi connectivity index (χ1n) is 4.58. The smallest absolute Gasteiger partial charge is 0.0169 e. The first-order chi connectivity index (χ1) is 5.33. The highest BCUT2D eigenvalue weighted by molar-refractivity contribution is 8.00. The van der Waals surface area contributed by atoms with Crippen LogP contribution in [0.25, 0.3) is 0 Å². The van der Waals surface area contributed by atoms with Crippen molar-refractivity contribution in [2.45, 2.75) is 43.3 Å². The maximum Gasteiger partial charge on any atom is 0.0169 e. The second kappa shape index (κ2) is 4.36. The van der Waals surface area contributed by atoms with Gasteiger partial charge in [0.25, 0.3) is 0 Å². The van der Waals surface area contributed by atoms with E-state index in [9.17, 15) is 0 Å². The molecule has 0 spiro atoms. The van der Waals surface area contributed by atoms with E-state index in [4.69, 9.17) is 5.73 Å². The second-order valence-electron chi connectivity index (χ2n) is 3.49. The minimum Gasteiger partial charge on any atom is -0.330 e. The van der Waals surface area contributed by atoms with E-state index in [-0.39, 0.29) is 0 Å². The lowest BCUT2D eigenvalue weighted by Gasteiger charge is -2.35. The Bertz CT molecular complexity index is 103. The van der Waals surface area contributed by atoms with Crippen molar-refractivity contribution in [3.8, 4) is 0 Å². The number of hydrogen-bond acceptors (Lipinski definition) is 2. The van der Waals surface area contributed by atoms with Crippen LogP contribution < -0.4 is 5.73 Å². The fourth-order valence-corrected chi connectivity index (χ4v) is 3.03. The monoisotopic (exact) mass is 173 g/mol. The molecular weight excluding hydrogens is 154 g/mol. The van der Waals surface area contributed by atoms with E-state index < -0.39 is 0 Å². The number of rotatable bonds is 3. The number of thioether (sulfide) groups is 1. The van der Waals surface area contributed by atoms with Crippen LogP contribution in [-0.2, 0) is 0 Å². The van der Waals surface area contributed by atoms with Gasteiger partial charge >= 0.3 is 0 Å². The summed E-state index contributed by atoms with van der Waals surface area (Å²) in [4.78, 5) is 0. The van der Waals surface area contributed by atoms with Crippen molar-refractivity contribution in [1.29, 1.82) is 0 Å². The van der Waals surface area contributed by atoms with Crippen molar-refractivity contribution in [1.82, 2.24) is 0 Å². The average molecular weight is 173 g/mol. The summed E-state index contributed by atoms with van der Waals surface area (Å²) in [5.74, 6) is 0. The van der Waals surface area contributed by atoms with Crippen LogP contribution >= 0.6 is 11.8 Å². The zero-order chi connectivity index (χ0) is 8.16. The first-order valence-corrected chi connectivity index (χ1v) is 5.81. The Kier molecular flexibility index (Phi) is 3.73. The molecule has 0 saturated heterocycles. The van der Waals surface area contributed by atoms with E-state index in [2.05, 4.69) is 6.26 Å². The molecule has 0 aromatic rings. The lowest BCUT2D eigenvalue weighted by molar-refractivity contribution is 0.382. The summed E-state index contributed by atoms with van der Waals surface area (Å²) in [7, 11) is 0. The van der Waals surface area contributed by atoms with Crippen molar-refractivity contribution in [2.75, 3.05) is 12.8 Å². The van der Waals surface area contributed by atoms with Crippen LogP contribution in [0, 0.1) is 0 Å². The quantitative estimate of drug-likeness (QED) is 0.709. The standard InChI is InChI=1S/C9H19NS/c1-11-9(7-8-10)5-3-2-4-6-9/h2-8,10H2,1H3. The summed E-state index contributed by atoms with van der Waals surface area (Å²) < 4.78 is 0.562. The summed E-state index contributed by atoms with van der Waals surface area (Å²) in [6.07, 6.45) is 10.5. The predicted molar refractivity (Wildman–Crippen MR) is 53.0 cm³/mol. The summed E-state index contributed by atoms with van der Waals surface area (Å²) in [6, 6.07) is 0. The Labute approximate surface area is 74.1 Å². The van der Waals surface area contributed by atoms with Gasteiger partial charge in [0, 0.05) is 4.75 Å². The van der Waals surface area contributed by atoms with E-state index in [1.165, 1.54) is 38.5 Å². The molecule has 0 aliphatic heterocycles. The van der Waals surface area contributed by atoms with E-state index in [1.54, 1.807) is 0 Å². The van der Waals surface area contributed by atoms with Gasteiger partial charge in [0.05, 0.1) is 0 Å². The molecule has 0 aromatic heterocycles. The fraction of sp³-hybridized carbons (Fsp3) is 1.00. The summed E-state index contributed by atoms with van der Waals surface area (Å²) in [5, 5.41) is 0. The third-order valence-electron chi connectivity index (χ3n) is 2.80. The molecule has 1 saturated carbocycles. The molecule has 0 unspecified atom stereocenters. The molecule has 0 aromatic carbocycles. The Hall–Kier alpha value is 0.310. The molecule has 11 heavy (non-hydrogen) atoms. The average Bonchev–Trinajstić information content (AvgIpc) is 2.07. The maximum absolute atomic E-state index is 5.61. The van der Waals surface area contributed by atoms with Crippen LogP contribution in [-0.4, -0.2) is 17.5 Å². The topological polar surface area (TPSA) is 26.0 Å². The van der Waals surface area contributed by atoms with Gasteiger partial charge in [-0.2, -0.15) is 11.8 Å². The van der Waals surface area contributed by atoms with Gasteiger partial charge in [-0.1, -0.05) is 19.3 Å². The minimum absolute atomic E-state index is 0.562. The molecule has 2 heteroatoms. The predicted octanol–water partition coefficient (Wildman–Crippen LogP) is 2.40. The highest BCUT2D eigenvalue weighted by Crippen LogP contribution is 2.40. The highest BCUT2D eigenvalue weighted by atomic mass is 32.2. The first kappa shape index (κ1) is 9.40. The molecule has 1 nitrogen and oxygen atoms in total.